The molecule has 0 bridgehead atoms. The predicted molar refractivity (Wildman–Crippen MR) is 78.7 cm³/mol. The lowest BCUT2D eigenvalue weighted by molar-refractivity contribution is 0.188. The second-order valence-corrected chi connectivity index (χ2v) is 7.90. The van der Waals surface area contributed by atoms with Crippen molar-refractivity contribution in [3.05, 3.63) is 0 Å². The first-order valence-electron chi connectivity index (χ1n) is 7.62. The van der Waals surface area contributed by atoms with Gasteiger partial charge in [-0.15, -0.1) is 0 Å². The fourth-order valence-electron chi connectivity index (χ4n) is 5.29. The quantitative estimate of drug-likeness (QED) is 0.667. The standard InChI is InChI=1S/C15H30N4/c1-8-10(3,16)11(4)12(5,18-11)13(6)14(7)15(17,9-2)19(13)14/h18H,8-9,16-17H2,1-7H3. The number of hydrogen-bond acceptors (Lipinski definition) is 4. The highest BCUT2D eigenvalue weighted by atomic mass is 15.7. The Hall–Kier alpha value is -0.160. The van der Waals surface area contributed by atoms with E-state index in [1.807, 2.05) is 0 Å². The third-order valence-electron chi connectivity index (χ3n) is 7.81. The zero-order valence-corrected chi connectivity index (χ0v) is 13.5. The fourth-order valence-corrected chi connectivity index (χ4v) is 5.29. The van der Waals surface area contributed by atoms with Gasteiger partial charge in [-0.1, -0.05) is 13.8 Å². The summed E-state index contributed by atoms with van der Waals surface area (Å²) in [4.78, 5) is 2.48. The summed E-state index contributed by atoms with van der Waals surface area (Å²) in [6, 6.07) is 0. The average Bonchev–Trinajstić information content (AvgIpc) is 3.22. The van der Waals surface area contributed by atoms with E-state index in [0.717, 1.165) is 12.8 Å². The lowest BCUT2D eigenvalue weighted by Gasteiger charge is -2.41. The van der Waals surface area contributed by atoms with E-state index in [-0.39, 0.29) is 33.4 Å². The van der Waals surface area contributed by atoms with Crippen molar-refractivity contribution in [3.8, 4) is 0 Å². The molecule has 7 unspecified atom stereocenters. The summed E-state index contributed by atoms with van der Waals surface area (Å²) in [6.07, 6.45) is 1.99. The topological polar surface area (TPSA) is 77.0 Å². The second kappa shape index (κ2) is 2.89. The first-order chi connectivity index (χ1) is 8.44. The van der Waals surface area contributed by atoms with Gasteiger partial charge >= 0.3 is 0 Å². The first kappa shape index (κ1) is 13.8. The number of hydrogen-bond donors (Lipinski definition) is 3. The van der Waals surface area contributed by atoms with Crippen molar-refractivity contribution in [2.75, 3.05) is 0 Å². The van der Waals surface area contributed by atoms with Gasteiger partial charge < -0.3 is 11.5 Å². The lowest BCUT2D eigenvalue weighted by Crippen LogP contribution is -2.62. The van der Waals surface area contributed by atoms with E-state index in [4.69, 9.17) is 11.5 Å². The zero-order valence-electron chi connectivity index (χ0n) is 13.5. The molecular weight excluding hydrogens is 236 g/mol. The van der Waals surface area contributed by atoms with Crippen molar-refractivity contribution in [2.45, 2.75) is 94.7 Å². The van der Waals surface area contributed by atoms with Gasteiger partial charge in [0.15, 0.2) is 0 Å². The Morgan fingerprint density at radius 1 is 1.11 bits per heavy atom. The van der Waals surface area contributed by atoms with Crippen LogP contribution in [0.25, 0.3) is 0 Å². The van der Waals surface area contributed by atoms with E-state index >= 15 is 0 Å². The fraction of sp³-hybridized carbons (Fsp3) is 1.00. The average molecular weight is 266 g/mol. The van der Waals surface area contributed by atoms with Crippen LogP contribution >= 0.6 is 0 Å². The Morgan fingerprint density at radius 3 is 1.95 bits per heavy atom. The summed E-state index contributed by atoms with van der Waals surface area (Å²) in [7, 11) is 0. The third-order valence-corrected chi connectivity index (χ3v) is 7.81. The maximum absolute atomic E-state index is 6.55. The summed E-state index contributed by atoms with van der Waals surface area (Å²) in [5.41, 5.74) is 13.0. The molecule has 3 saturated heterocycles. The van der Waals surface area contributed by atoms with Gasteiger partial charge in [0.1, 0.15) is 0 Å². The largest absolute Gasteiger partial charge is 0.324 e. The first-order valence-corrected chi connectivity index (χ1v) is 7.62. The molecule has 3 fully saturated rings. The highest BCUT2D eigenvalue weighted by molar-refractivity contribution is 5.60. The van der Waals surface area contributed by atoms with E-state index < -0.39 is 0 Å². The summed E-state index contributed by atoms with van der Waals surface area (Å²) in [6.45, 7) is 15.8. The highest BCUT2D eigenvalue weighted by Crippen LogP contribution is 2.82. The maximum atomic E-state index is 6.55. The van der Waals surface area contributed by atoms with Crippen molar-refractivity contribution in [2.24, 2.45) is 11.5 Å². The van der Waals surface area contributed by atoms with Gasteiger partial charge in [-0.2, -0.15) is 0 Å². The molecule has 0 aromatic carbocycles. The van der Waals surface area contributed by atoms with Crippen LogP contribution in [0.15, 0.2) is 0 Å². The number of fused-ring (bicyclic) bond motifs is 1. The normalized spacial score (nSPS) is 65.2. The van der Waals surface area contributed by atoms with Crippen LogP contribution in [0.3, 0.4) is 0 Å². The molecule has 3 aliphatic heterocycles. The van der Waals surface area contributed by atoms with Crippen LogP contribution < -0.4 is 16.8 Å². The smallest absolute Gasteiger partial charge is 0.0902 e. The number of nitrogens with zero attached hydrogens (tertiary/aromatic N) is 1. The van der Waals surface area contributed by atoms with Crippen LogP contribution in [0.5, 0.6) is 0 Å². The molecule has 0 aliphatic carbocycles. The molecule has 5 N–H and O–H groups in total. The van der Waals surface area contributed by atoms with Crippen LogP contribution in [-0.2, 0) is 0 Å². The molecule has 0 radical (unpaired) electrons. The summed E-state index contributed by atoms with van der Waals surface area (Å²) >= 11 is 0. The van der Waals surface area contributed by atoms with E-state index in [0.29, 0.717) is 0 Å². The molecule has 3 aliphatic rings. The van der Waals surface area contributed by atoms with Gasteiger partial charge in [0.2, 0.25) is 0 Å². The molecule has 0 aromatic heterocycles. The number of nitrogens with one attached hydrogen (secondary N) is 1. The van der Waals surface area contributed by atoms with Gasteiger partial charge in [-0.05, 0) is 47.5 Å². The summed E-state index contributed by atoms with van der Waals surface area (Å²) in [5.74, 6) is 0. The molecule has 3 heterocycles. The number of nitrogens with two attached hydrogens (primary N) is 2. The SMILES string of the molecule is CCC(C)(N)C1(C)NC1(C)C1(C)N2C(N)(CC)C21C. The Bertz CT molecular complexity index is 463. The minimum absolute atomic E-state index is 0.0193. The van der Waals surface area contributed by atoms with Gasteiger partial charge in [0.25, 0.3) is 0 Å². The minimum atomic E-state index is -0.194. The summed E-state index contributed by atoms with van der Waals surface area (Å²) in [5, 5.41) is 3.74. The second-order valence-electron chi connectivity index (χ2n) is 7.90. The van der Waals surface area contributed by atoms with Gasteiger partial charge in [0.05, 0.1) is 27.8 Å². The van der Waals surface area contributed by atoms with Crippen molar-refractivity contribution in [3.63, 3.8) is 0 Å². The van der Waals surface area contributed by atoms with E-state index in [2.05, 4.69) is 58.7 Å². The molecular formula is C15H30N4. The lowest BCUT2D eigenvalue weighted by atomic mass is 9.66. The third kappa shape index (κ3) is 0.945. The van der Waals surface area contributed by atoms with E-state index in [1.165, 1.54) is 0 Å². The monoisotopic (exact) mass is 266 g/mol. The van der Waals surface area contributed by atoms with Crippen molar-refractivity contribution in [1.82, 2.24) is 10.2 Å². The molecule has 0 aromatic rings. The van der Waals surface area contributed by atoms with Gasteiger partial charge in [0, 0.05) is 5.54 Å². The van der Waals surface area contributed by atoms with Crippen LogP contribution in [0.2, 0.25) is 0 Å². The Labute approximate surface area is 117 Å². The molecule has 4 heteroatoms. The van der Waals surface area contributed by atoms with Crippen molar-refractivity contribution >= 4 is 0 Å². The molecule has 19 heavy (non-hydrogen) atoms. The highest BCUT2D eigenvalue weighted by Gasteiger charge is 3.03. The van der Waals surface area contributed by atoms with Gasteiger partial charge in [-0.3, -0.25) is 10.2 Å². The Morgan fingerprint density at radius 2 is 1.58 bits per heavy atom. The molecule has 7 atom stereocenters. The van der Waals surface area contributed by atoms with Gasteiger partial charge in [-0.25, -0.2) is 0 Å². The van der Waals surface area contributed by atoms with Crippen LogP contribution in [-0.4, -0.2) is 38.3 Å². The van der Waals surface area contributed by atoms with E-state index in [1.54, 1.807) is 0 Å². The molecule has 4 nitrogen and oxygen atoms in total. The van der Waals surface area contributed by atoms with Crippen molar-refractivity contribution < 1.29 is 0 Å². The number of rotatable bonds is 4. The maximum Gasteiger partial charge on any atom is 0.0902 e. The van der Waals surface area contributed by atoms with Crippen LogP contribution in [0.4, 0.5) is 0 Å². The predicted octanol–water partition coefficient (Wildman–Crippen LogP) is 1.15. The molecule has 0 saturated carbocycles. The van der Waals surface area contributed by atoms with Crippen LogP contribution in [0, 0.1) is 0 Å². The van der Waals surface area contributed by atoms with E-state index in [9.17, 15) is 0 Å². The molecule has 0 spiro atoms. The zero-order chi connectivity index (χ0) is 14.7. The molecule has 110 valence electrons. The minimum Gasteiger partial charge on any atom is -0.324 e. The van der Waals surface area contributed by atoms with Crippen LogP contribution in [0.1, 0.15) is 61.3 Å². The summed E-state index contributed by atoms with van der Waals surface area (Å²) < 4.78 is 0. The Balaban J connectivity index is 1.89. The molecule has 3 rings (SSSR count). The van der Waals surface area contributed by atoms with Crippen molar-refractivity contribution in [1.29, 1.82) is 0 Å². The Kier molecular flexibility index (Phi) is 2.10. The molecule has 0 amide bonds.